The van der Waals surface area contributed by atoms with Crippen molar-refractivity contribution in [2.75, 3.05) is 18.5 Å². The minimum absolute atomic E-state index is 0.144. The third-order valence-corrected chi connectivity index (χ3v) is 9.39. The Morgan fingerprint density at radius 2 is 1.61 bits per heavy atom. The van der Waals surface area contributed by atoms with E-state index in [1.807, 2.05) is 64.1 Å². The number of aliphatic hydroxyl groups is 1. The van der Waals surface area contributed by atoms with Crippen LogP contribution in [0.3, 0.4) is 0 Å². The second-order valence-electron chi connectivity index (χ2n) is 15.0. The highest BCUT2D eigenvalue weighted by atomic mass is 16.6. The van der Waals surface area contributed by atoms with Crippen molar-refractivity contribution in [3.63, 3.8) is 0 Å². The van der Waals surface area contributed by atoms with Crippen LogP contribution in [0.1, 0.15) is 74.9 Å². The number of aromatic nitrogens is 4. The number of benzene rings is 3. The van der Waals surface area contributed by atoms with Gasteiger partial charge < -0.3 is 31.1 Å². The monoisotopic (exact) mass is 738 g/mol. The Hall–Kier alpha value is -5.63. The van der Waals surface area contributed by atoms with Gasteiger partial charge in [-0.3, -0.25) is 14.4 Å². The number of nitrogens with zero attached hydrogens (tertiary/aromatic N) is 3. The molecule has 0 saturated heterocycles. The van der Waals surface area contributed by atoms with Crippen LogP contribution in [0.15, 0.2) is 66.7 Å². The number of aliphatic hydroxyl groups excluding tert-OH is 1. The zero-order valence-electron chi connectivity index (χ0n) is 31.4. The Morgan fingerprint density at radius 3 is 2.22 bits per heavy atom. The minimum atomic E-state index is -0.854. The third kappa shape index (κ3) is 11.2. The molecule has 0 bridgehead atoms. The molecule has 4 aromatic rings. The highest BCUT2D eigenvalue weighted by Crippen LogP contribution is 2.29. The lowest BCUT2D eigenvalue weighted by atomic mass is 9.81. The summed E-state index contributed by atoms with van der Waals surface area (Å²) in [7, 11) is 0. The SMILES string of the molecule is Cc1cc(C(=O)NC(C)CO)ccc1-c1ccc(CC(NC(=O)C2CCC(CNC(=O)OC(C)(C)C)CC2)C(=O)Nc2ccc(-c3nn[nH]n3)cc2)cc1. The molecule has 5 rings (SSSR count). The predicted octanol–water partition coefficient (Wildman–Crippen LogP) is 4.95. The van der Waals surface area contributed by atoms with Gasteiger partial charge in [0.25, 0.3) is 5.91 Å². The number of ether oxygens (including phenoxy) is 1. The fourth-order valence-corrected chi connectivity index (χ4v) is 6.42. The Bertz CT molecular complexity index is 1880. The summed E-state index contributed by atoms with van der Waals surface area (Å²) in [6.45, 7) is 9.47. The van der Waals surface area contributed by atoms with Crippen LogP contribution in [0, 0.1) is 18.8 Å². The fraction of sp³-hybridized carbons (Fsp3) is 0.425. The molecule has 3 aromatic carbocycles. The highest BCUT2D eigenvalue weighted by Gasteiger charge is 2.30. The van der Waals surface area contributed by atoms with Crippen LogP contribution in [-0.2, 0) is 20.7 Å². The number of carbonyl (C=O) groups excluding carboxylic acids is 4. The van der Waals surface area contributed by atoms with Gasteiger partial charge in [0.05, 0.1) is 6.61 Å². The fourth-order valence-electron chi connectivity index (χ4n) is 6.42. The third-order valence-electron chi connectivity index (χ3n) is 9.39. The summed E-state index contributed by atoms with van der Waals surface area (Å²) < 4.78 is 5.35. The Kier molecular flexibility index (Phi) is 13.1. The van der Waals surface area contributed by atoms with Crippen molar-refractivity contribution in [1.29, 1.82) is 0 Å². The second-order valence-corrected chi connectivity index (χ2v) is 15.0. The van der Waals surface area contributed by atoms with E-state index in [0.717, 1.165) is 40.7 Å². The van der Waals surface area contributed by atoms with E-state index in [0.29, 0.717) is 36.5 Å². The number of anilines is 1. The summed E-state index contributed by atoms with van der Waals surface area (Å²) in [6, 6.07) is 19.1. The van der Waals surface area contributed by atoms with E-state index in [1.165, 1.54) is 0 Å². The van der Waals surface area contributed by atoms with Gasteiger partial charge in [0.2, 0.25) is 17.6 Å². The molecule has 1 aromatic heterocycles. The first-order valence-corrected chi connectivity index (χ1v) is 18.3. The number of rotatable bonds is 13. The summed E-state index contributed by atoms with van der Waals surface area (Å²) >= 11 is 0. The number of nitrogens with one attached hydrogen (secondary N) is 5. The first kappa shape index (κ1) is 39.6. The van der Waals surface area contributed by atoms with E-state index in [9.17, 15) is 24.3 Å². The molecule has 14 nitrogen and oxygen atoms in total. The molecule has 1 aliphatic rings. The predicted molar refractivity (Wildman–Crippen MR) is 204 cm³/mol. The van der Waals surface area contributed by atoms with Gasteiger partial charge in [0.1, 0.15) is 11.6 Å². The van der Waals surface area contributed by atoms with Crippen LogP contribution >= 0.6 is 0 Å². The molecule has 2 unspecified atom stereocenters. The number of amides is 4. The van der Waals surface area contributed by atoms with Gasteiger partial charge in [-0.1, -0.05) is 30.3 Å². The average Bonchev–Trinajstić information content (AvgIpc) is 3.69. The lowest BCUT2D eigenvalue weighted by Crippen LogP contribution is -2.48. The number of aryl methyl sites for hydroxylation is 1. The lowest BCUT2D eigenvalue weighted by molar-refractivity contribution is -0.130. The molecule has 54 heavy (non-hydrogen) atoms. The number of alkyl carbamates (subject to hydrolysis) is 1. The first-order valence-electron chi connectivity index (χ1n) is 18.3. The smallest absolute Gasteiger partial charge is 0.407 e. The van der Waals surface area contributed by atoms with E-state index in [-0.39, 0.29) is 48.6 Å². The van der Waals surface area contributed by atoms with Crippen LogP contribution in [0.2, 0.25) is 0 Å². The maximum absolute atomic E-state index is 13.8. The molecule has 1 aliphatic carbocycles. The van der Waals surface area contributed by atoms with Crippen LogP contribution in [-0.4, -0.2) is 80.4 Å². The van der Waals surface area contributed by atoms with Crippen molar-refractivity contribution < 1.29 is 29.0 Å². The normalized spacial score (nSPS) is 16.8. The summed E-state index contributed by atoms with van der Waals surface area (Å²) in [4.78, 5) is 52.1. The number of tetrazole rings is 1. The average molecular weight is 739 g/mol. The standard InChI is InChI=1S/C40H50N8O6/c1-24-20-31(37(51)42-25(2)23-49)16-19-33(24)28-10-6-26(7-11-28)21-34(38(52)43-32-17-14-29(15-18-32)35-45-47-48-46-35)44-36(50)30-12-8-27(9-13-30)22-41-39(53)54-40(3,4)5/h6-7,10-11,14-20,25,27,30,34,49H,8-9,12-13,21-23H2,1-5H3,(H,41,53)(H,42,51)(H,43,52)(H,44,50)(H,45,46,47,48). The molecule has 0 radical (unpaired) electrons. The summed E-state index contributed by atoms with van der Waals surface area (Å²) in [6.07, 6.45) is 2.64. The van der Waals surface area contributed by atoms with E-state index in [1.54, 1.807) is 37.3 Å². The highest BCUT2D eigenvalue weighted by molar-refractivity contribution is 5.98. The van der Waals surface area contributed by atoms with E-state index >= 15 is 0 Å². The van der Waals surface area contributed by atoms with Gasteiger partial charge in [0.15, 0.2) is 0 Å². The number of aromatic amines is 1. The van der Waals surface area contributed by atoms with Crippen molar-refractivity contribution >= 4 is 29.5 Å². The number of H-pyrrole nitrogens is 1. The van der Waals surface area contributed by atoms with Gasteiger partial charge in [0, 0.05) is 41.7 Å². The maximum Gasteiger partial charge on any atom is 0.407 e. The Labute approximate surface area is 315 Å². The van der Waals surface area contributed by atoms with Gasteiger partial charge in [-0.25, -0.2) is 4.79 Å². The minimum Gasteiger partial charge on any atom is -0.444 e. The molecule has 0 aliphatic heterocycles. The molecule has 286 valence electrons. The molecule has 1 saturated carbocycles. The number of hydrogen-bond acceptors (Lipinski definition) is 9. The summed E-state index contributed by atoms with van der Waals surface area (Å²) in [5, 5.41) is 34.9. The molecule has 2 atom stereocenters. The van der Waals surface area contributed by atoms with Crippen LogP contribution in [0.4, 0.5) is 10.5 Å². The first-order chi connectivity index (χ1) is 25.8. The van der Waals surface area contributed by atoms with Crippen molar-refractivity contribution in [2.45, 2.75) is 84.4 Å². The Balaban J connectivity index is 1.25. The quantitative estimate of drug-likeness (QED) is 0.110. The number of hydrogen-bond donors (Lipinski definition) is 6. The summed E-state index contributed by atoms with van der Waals surface area (Å²) in [5.74, 6) is -0.363. The Morgan fingerprint density at radius 1 is 0.926 bits per heavy atom. The maximum atomic E-state index is 13.8. The molecular formula is C40H50N8O6. The zero-order chi connectivity index (χ0) is 38.8. The topological polar surface area (TPSA) is 200 Å². The van der Waals surface area contributed by atoms with Crippen molar-refractivity contribution in [1.82, 2.24) is 36.6 Å². The molecule has 1 fully saturated rings. The molecular weight excluding hydrogens is 688 g/mol. The van der Waals surface area contributed by atoms with Crippen molar-refractivity contribution in [3.8, 4) is 22.5 Å². The van der Waals surface area contributed by atoms with E-state index in [2.05, 4.69) is 41.9 Å². The second kappa shape index (κ2) is 17.9. The van der Waals surface area contributed by atoms with Crippen molar-refractivity contribution in [2.24, 2.45) is 11.8 Å². The molecule has 6 N–H and O–H groups in total. The molecule has 0 spiro atoms. The van der Waals surface area contributed by atoms with Crippen LogP contribution < -0.4 is 21.3 Å². The van der Waals surface area contributed by atoms with E-state index in [4.69, 9.17) is 4.74 Å². The van der Waals surface area contributed by atoms with Crippen LogP contribution in [0.25, 0.3) is 22.5 Å². The van der Waals surface area contributed by atoms with Gasteiger partial charge in [-0.2, -0.15) is 5.21 Å². The van der Waals surface area contributed by atoms with Gasteiger partial charge in [-0.05, 0) is 130 Å². The van der Waals surface area contributed by atoms with E-state index < -0.39 is 17.7 Å². The summed E-state index contributed by atoms with van der Waals surface area (Å²) in [5.41, 5.74) is 4.89. The molecule has 1 heterocycles. The van der Waals surface area contributed by atoms with Gasteiger partial charge >= 0.3 is 6.09 Å². The van der Waals surface area contributed by atoms with Crippen molar-refractivity contribution in [3.05, 3.63) is 83.4 Å². The largest absolute Gasteiger partial charge is 0.444 e. The van der Waals surface area contributed by atoms with Crippen LogP contribution in [0.5, 0.6) is 0 Å². The zero-order valence-corrected chi connectivity index (χ0v) is 31.4. The molecule has 14 heteroatoms. The van der Waals surface area contributed by atoms with Gasteiger partial charge in [-0.15, -0.1) is 10.2 Å². The molecule has 4 amide bonds. The number of carbonyl (C=O) groups is 4. The lowest BCUT2D eigenvalue weighted by Gasteiger charge is -2.29.